The number of nitrogens with zero attached hydrogens (tertiary/aromatic N) is 3. The molecule has 10 heteroatoms. The van der Waals surface area contributed by atoms with Gasteiger partial charge in [0.25, 0.3) is 11.8 Å². The molecule has 0 bridgehead atoms. The number of carbonyl (C=O) groups is 2. The highest BCUT2D eigenvalue weighted by Crippen LogP contribution is 2.33. The first kappa shape index (κ1) is 14.9. The van der Waals surface area contributed by atoms with Gasteiger partial charge < -0.3 is 20.8 Å². The number of β-lactam (4-membered cyclic amide) rings is 1. The molecular formula is C12H13N5O3S2. The van der Waals surface area contributed by atoms with E-state index < -0.39 is 11.9 Å². The van der Waals surface area contributed by atoms with Crippen molar-refractivity contribution in [3.05, 3.63) is 23.3 Å². The Bertz CT molecular complexity index is 671. The smallest absolute Gasteiger partial charge is 0.276 e. The van der Waals surface area contributed by atoms with Gasteiger partial charge in [-0.25, -0.2) is 4.98 Å². The van der Waals surface area contributed by atoms with Gasteiger partial charge in [0, 0.05) is 17.3 Å². The Kier molecular flexibility index (Phi) is 4.03. The molecule has 1 fully saturated rings. The van der Waals surface area contributed by atoms with Gasteiger partial charge in [-0.3, -0.25) is 9.59 Å². The van der Waals surface area contributed by atoms with Crippen LogP contribution in [0.2, 0.25) is 0 Å². The highest BCUT2D eigenvalue weighted by molar-refractivity contribution is 8.00. The van der Waals surface area contributed by atoms with Gasteiger partial charge in [0.2, 0.25) is 0 Å². The van der Waals surface area contributed by atoms with E-state index >= 15 is 0 Å². The van der Waals surface area contributed by atoms with Crippen molar-refractivity contribution < 1.29 is 14.4 Å². The van der Waals surface area contributed by atoms with E-state index in [1.807, 2.05) is 6.08 Å². The van der Waals surface area contributed by atoms with Crippen LogP contribution in [0.25, 0.3) is 0 Å². The molecule has 2 atom stereocenters. The lowest BCUT2D eigenvalue weighted by molar-refractivity contribution is -0.143. The summed E-state index contributed by atoms with van der Waals surface area (Å²) in [6.07, 6.45) is 3.66. The lowest BCUT2D eigenvalue weighted by Gasteiger charge is -2.46. The van der Waals surface area contributed by atoms with Crippen LogP contribution < -0.4 is 11.1 Å². The molecule has 0 saturated carbocycles. The van der Waals surface area contributed by atoms with Crippen molar-refractivity contribution in [2.24, 2.45) is 5.16 Å². The average Bonchev–Trinajstić information content (AvgIpc) is 2.95. The van der Waals surface area contributed by atoms with Crippen LogP contribution in [-0.2, 0) is 14.4 Å². The number of thiazole rings is 1. The number of nitrogens with one attached hydrogen (secondary N) is 1. The highest BCUT2D eigenvalue weighted by Gasteiger charge is 2.48. The topological polar surface area (TPSA) is 110 Å². The largest absolute Gasteiger partial charge is 0.398 e. The number of anilines is 1. The molecule has 2 aliphatic heterocycles. The van der Waals surface area contributed by atoms with Crippen molar-refractivity contribution in [2.45, 2.75) is 11.4 Å². The maximum absolute atomic E-state index is 12.4. The van der Waals surface area contributed by atoms with Crippen LogP contribution in [0, 0.1) is 0 Å². The van der Waals surface area contributed by atoms with Crippen molar-refractivity contribution in [3.8, 4) is 0 Å². The predicted molar refractivity (Wildman–Crippen MR) is 84.2 cm³/mol. The Labute approximate surface area is 134 Å². The molecule has 2 amide bonds. The minimum Gasteiger partial charge on any atom is -0.398 e. The number of amides is 2. The summed E-state index contributed by atoms with van der Waals surface area (Å²) in [6.45, 7) is 0. The molecule has 0 aromatic carbocycles. The molecule has 3 heterocycles. The summed E-state index contributed by atoms with van der Waals surface area (Å²) in [5.74, 6) is 0.152. The number of nitrogens with two attached hydrogens (primary N) is 1. The van der Waals surface area contributed by atoms with E-state index in [0.717, 1.165) is 5.75 Å². The summed E-state index contributed by atoms with van der Waals surface area (Å²) >= 11 is 2.79. The minimum absolute atomic E-state index is 0.00180. The number of oxime groups is 1. The second kappa shape index (κ2) is 5.97. The number of aromatic nitrogens is 1. The van der Waals surface area contributed by atoms with E-state index in [9.17, 15) is 9.59 Å². The lowest BCUT2D eigenvalue weighted by Crippen LogP contribution is -2.68. The zero-order valence-corrected chi connectivity index (χ0v) is 13.2. The molecule has 1 unspecified atom stereocenters. The van der Waals surface area contributed by atoms with Gasteiger partial charge in [-0.1, -0.05) is 11.2 Å². The summed E-state index contributed by atoms with van der Waals surface area (Å²) in [7, 11) is 1.33. The Morgan fingerprint density at radius 3 is 3.14 bits per heavy atom. The molecule has 22 heavy (non-hydrogen) atoms. The van der Waals surface area contributed by atoms with Gasteiger partial charge in [-0.2, -0.15) is 0 Å². The van der Waals surface area contributed by atoms with Gasteiger partial charge >= 0.3 is 0 Å². The fourth-order valence-corrected chi connectivity index (χ4v) is 3.82. The van der Waals surface area contributed by atoms with E-state index in [0.29, 0.717) is 10.8 Å². The summed E-state index contributed by atoms with van der Waals surface area (Å²) in [6, 6.07) is -0.569. The van der Waals surface area contributed by atoms with Crippen molar-refractivity contribution in [1.29, 1.82) is 0 Å². The number of hydrogen-bond donors (Lipinski definition) is 2. The Balaban J connectivity index is 1.74. The van der Waals surface area contributed by atoms with E-state index in [1.165, 1.54) is 18.4 Å². The van der Waals surface area contributed by atoms with Crippen LogP contribution in [0.5, 0.6) is 0 Å². The average molecular weight is 339 g/mol. The normalized spacial score (nSPS) is 23.8. The fraction of sp³-hybridized carbons (Fsp3) is 0.333. The number of hydrogen-bond acceptors (Lipinski definition) is 8. The first-order valence-electron chi connectivity index (χ1n) is 6.35. The molecule has 2 aliphatic rings. The van der Waals surface area contributed by atoms with E-state index in [-0.39, 0.29) is 17.0 Å². The Morgan fingerprint density at radius 1 is 1.64 bits per heavy atom. The highest BCUT2D eigenvalue weighted by atomic mass is 32.2. The van der Waals surface area contributed by atoms with Crippen LogP contribution in [-0.4, -0.2) is 51.7 Å². The summed E-state index contributed by atoms with van der Waals surface area (Å²) in [5.41, 5.74) is 5.89. The monoisotopic (exact) mass is 339 g/mol. The van der Waals surface area contributed by atoms with E-state index in [4.69, 9.17) is 10.6 Å². The van der Waals surface area contributed by atoms with Crippen LogP contribution in [0.1, 0.15) is 5.69 Å². The van der Waals surface area contributed by atoms with Crippen molar-refractivity contribution >= 4 is 45.8 Å². The van der Waals surface area contributed by atoms with Crippen LogP contribution in [0.15, 0.2) is 22.8 Å². The molecule has 0 spiro atoms. The summed E-state index contributed by atoms with van der Waals surface area (Å²) in [5, 5.41) is 8.24. The zero-order chi connectivity index (χ0) is 15.7. The number of fused-ring (bicyclic) bond motifs is 1. The number of carbonyl (C=O) groups excluding carboxylic acids is 2. The third-order valence-corrected chi connectivity index (χ3v) is 5.06. The molecule has 0 aliphatic carbocycles. The minimum atomic E-state index is -0.569. The van der Waals surface area contributed by atoms with Crippen LogP contribution >= 0.6 is 23.1 Å². The Morgan fingerprint density at radius 2 is 2.45 bits per heavy atom. The molecule has 8 nitrogen and oxygen atoms in total. The molecule has 1 saturated heterocycles. The van der Waals surface area contributed by atoms with Crippen molar-refractivity contribution in [1.82, 2.24) is 15.2 Å². The molecule has 3 rings (SSSR count). The maximum atomic E-state index is 12.4. The van der Waals surface area contributed by atoms with Crippen molar-refractivity contribution in [3.63, 3.8) is 0 Å². The SMILES string of the molecule is CO/N=C(\C(=O)NC1C(=O)N2C=CCS[C@H]12)c1csc(N)n1. The van der Waals surface area contributed by atoms with E-state index in [2.05, 4.69) is 15.5 Å². The molecule has 1 aromatic rings. The van der Waals surface area contributed by atoms with Gasteiger partial charge in [-0.05, 0) is 0 Å². The molecule has 3 N–H and O–H groups in total. The summed E-state index contributed by atoms with van der Waals surface area (Å²) < 4.78 is 0. The van der Waals surface area contributed by atoms with Crippen molar-refractivity contribution in [2.75, 3.05) is 18.6 Å². The third kappa shape index (κ3) is 2.55. The van der Waals surface area contributed by atoms with Gasteiger partial charge in [-0.15, -0.1) is 23.1 Å². The second-order valence-corrected chi connectivity index (χ2v) is 6.54. The first-order valence-corrected chi connectivity index (χ1v) is 8.28. The molecule has 116 valence electrons. The van der Waals surface area contributed by atoms with Crippen LogP contribution in [0.4, 0.5) is 5.13 Å². The predicted octanol–water partition coefficient (Wildman–Crippen LogP) is -0.0106. The van der Waals surface area contributed by atoms with Gasteiger partial charge in [0.1, 0.15) is 24.2 Å². The zero-order valence-electron chi connectivity index (χ0n) is 11.6. The number of nitrogen functional groups attached to an aromatic ring is 1. The molecular weight excluding hydrogens is 326 g/mol. The molecule has 0 radical (unpaired) electrons. The first-order chi connectivity index (χ1) is 10.6. The van der Waals surface area contributed by atoms with Crippen LogP contribution in [0.3, 0.4) is 0 Å². The third-order valence-electron chi connectivity index (χ3n) is 3.16. The Hall–Kier alpha value is -2.07. The number of rotatable bonds is 4. The summed E-state index contributed by atoms with van der Waals surface area (Å²) in [4.78, 5) is 34.7. The quantitative estimate of drug-likeness (QED) is 0.453. The second-order valence-electron chi connectivity index (χ2n) is 4.50. The number of thioether (sulfide) groups is 1. The van der Waals surface area contributed by atoms with Gasteiger partial charge in [0.15, 0.2) is 10.8 Å². The maximum Gasteiger partial charge on any atom is 0.276 e. The standard InChI is InChI=1S/C12H13N5O3S2/c1-20-16-7(6-5-22-12(13)14-6)9(18)15-8-10(19)17-3-2-4-21-11(8)17/h2-3,5,8,11H,4H2,1H3,(H2,13,14)(H,15,18)/b16-7-/t8?,11-/m1/s1. The van der Waals surface area contributed by atoms with Gasteiger partial charge in [0.05, 0.1) is 0 Å². The fourth-order valence-electron chi connectivity index (χ4n) is 2.17. The molecule has 1 aromatic heterocycles. The van der Waals surface area contributed by atoms with E-state index in [1.54, 1.807) is 28.2 Å². The lowest BCUT2D eigenvalue weighted by atomic mass is 10.1.